The number of amides is 1. The molecular weight excluding hydrogens is 400 g/mol. The lowest BCUT2D eigenvalue weighted by atomic mass is 10.2. The monoisotopic (exact) mass is 424 g/mol. The Bertz CT molecular complexity index is 1140. The average molecular weight is 425 g/mol. The molecule has 0 spiro atoms. The summed E-state index contributed by atoms with van der Waals surface area (Å²) in [4.78, 5) is 16.8. The Kier molecular flexibility index (Phi) is 5.96. The third-order valence-electron chi connectivity index (χ3n) is 5.29. The van der Waals surface area contributed by atoms with Gasteiger partial charge in [-0.3, -0.25) is 14.8 Å². The van der Waals surface area contributed by atoms with Gasteiger partial charge in [-0.15, -0.1) is 0 Å². The Labute approximate surface area is 175 Å². The van der Waals surface area contributed by atoms with Gasteiger partial charge in [0.2, 0.25) is 0 Å². The van der Waals surface area contributed by atoms with E-state index in [1.807, 2.05) is 54.6 Å². The Morgan fingerprint density at radius 1 is 1.07 bits per heavy atom. The van der Waals surface area contributed by atoms with E-state index in [9.17, 15) is 13.2 Å². The predicted molar refractivity (Wildman–Crippen MR) is 119 cm³/mol. The van der Waals surface area contributed by atoms with Gasteiger partial charge in [0.1, 0.15) is 0 Å². The number of hydrogen-bond acceptors (Lipinski definition) is 5. The lowest BCUT2D eigenvalue weighted by Crippen LogP contribution is -2.45. The number of H-pyrrole nitrogens is 1. The molecule has 0 saturated carbocycles. The van der Waals surface area contributed by atoms with Crippen molar-refractivity contribution in [3.8, 4) is 0 Å². The number of nitrogens with one attached hydrogen (secondary N) is 1. The zero-order chi connectivity index (χ0) is 21.0. The van der Waals surface area contributed by atoms with Gasteiger partial charge in [-0.05, 0) is 24.3 Å². The number of sulfone groups is 1. The first kappa shape index (κ1) is 20.3. The molecule has 0 atom stereocenters. The van der Waals surface area contributed by atoms with Crippen LogP contribution in [0.25, 0.3) is 17.0 Å². The van der Waals surface area contributed by atoms with E-state index in [2.05, 4.69) is 15.1 Å². The van der Waals surface area contributed by atoms with Crippen LogP contribution >= 0.6 is 0 Å². The van der Waals surface area contributed by atoms with E-state index in [1.54, 1.807) is 11.0 Å². The van der Waals surface area contributed by atoms with Crippen molar-refractivity contribution in [3.05, 3.63) is 66.4 Å². The van der Waals surface area contributed by atoms with E-state index in [0.29, 0.717) is 31.9 Å². The van der Waals surface area contributed by atoms with Crippen LogP contribution in [0.5, 0.6) is 0 Å². The minimum absolute atomic E-state index is 0.141. The van der Waals surface area contributed by atoms with Gasteiger partial charge in [-0.2, -0.15) is 5.10 Å². The summed E-state index contributed by atoms with van der Waals surface area (Å²) in [6.07, 6.45) is 3.26. The van der Waals surface area contributed by atoms with Gasteiger partial charge in [-0.1, -0.05) is 36.4 Å². The molecule has 1 fully saturated rings. The van der Waals surface area contributed by atoms with Gasteiger partial charge in [0.25, 0.3) is 5.91 Å². The van der Waals surface area contributed by atoms with Gasteiger partial charge in [-0.25, -0.2) is 8.42 Å². The zero-order valence-electron chi connectivity index (χ0n) is 16.6. The molecule has 1 aliphatic rings. The summed E-state index contributed by atoms with van der Waals surface area (Å²) in [6, 6.07) is 17.3. The minimum Gasteiger partial charge on any atom is -0.308 e. The van der Waals surface area contributed by atoms with E-state index >= 15 is 0 Å². The van der Waals surface area contributed by atoms with Crippen LogP contribution in [0.4, 0.5) is 5.69 Å². The summed E-state index contributed by atoms with van der Waals surface area (Å²) in [6.45, 7) is 2.12. The number of hydrogen-bond donors (Lipinski definition) is 1. The largest absolute Gasteiger partial charge is 0.308 e. The number of benzene rings is 2. The third kappa shape index (κ3) is 4.77. The molecule has 0 aliphatic carbocycles. The maximum atomic E-state index is 13.0. The fourth-order valence-corrected chi connectivity index (χ4v) is 4.82. The van der Waals surface area contributed by atoms with Crippen molar-refractivity contribution in [1.29, 1.82) is 0 Å². The first-order chi connectivity index (χ1) is 14.5. The fourth-order valence-electron chi connectivity index (χ4n) is 3.54. The van der Waals surface area contributed by atoms with Gasteiger partial charge >= 0.3 is 0 Å². The van der Waals surface area contributed by atoms with E-state index in [4.69, 9.17) is 0 Å². The molecule has 0 bridgehead atoms. The highest BCUT2D eigenvalue weighted by Crippen LogP contribution is 2.18. The Morgan fingerprint density at radius 2 is 1.77 bits per heavy atom. The number of carbonyl (C=O) groups excluding carboxylic acids is 1. The molecule has 30 heavy (non-hydrogen) atoms. The molecular formula is C22H24N4O3S. The highest BCUT2D eigenvalue weighted by Gasteiger charge is 2.22. The summed E-state index contributed by atoms with van der Waals surface area (Å²) in [5.74, 6) is 0.217. The number of fused-ring (bicyclic) bond motifs is 1. The molecule has 0 unspecified atom stereocenters. The maximum absolute atomic E-state index is 13.0. The van der Waals surface area contributed by atoms with Gasteiger partial charge in [0, 0.05) is 43.3 Å². The fraction of sp³-hybridized carbons (Fsp3) is 0.273. The van der Waals surface area contributed by atoms with E-state index in [0.717, 1.165) is 16.6 Å². The lowest BCUT2D eigenvalue weighted by Gasteiger charge is -2.29. The second-order valence-electron chi connectivity index (χ2n) is 7.31. The second kappa shape index (κ2) is 8.81. The summed E-state index contributed by atoms with van der Waals surface area (Å²) >= 11 is 0. The molecule has 3 aromatic rings. The summed E-state index contributed by atoms with van der Waals surface area (Å²) in [5.41, 5.74) is 2.45. The smallest absolute Gasteiger partial charge is 0.251 e. The van der Waals surface area contributed by atoms with Crippen LogP contribution in [-0.2, 0) is 14.6 Å². The van der Waals surface area contributed by atoms with E-state index < -0.39 is 9.84 Å². The van der Waals surface area contributed by atoms with Crippen LogP contribution in [0.1, 0.15) is 5.69 Å². The van der Waals surface area contributed by atoms with Crippen molar-refractivity contribution in [2.45, 2.75) is 0 Å². The van der Waals surface area contributed by atoms with Crippen LogP contribution in [0.3, 0.4) is 0 Å². The molecule has 1 N–H and O–H groups in total. The van der Waals surface area contributed by atoms with Gasteiger partial charge < -0.3 is 4.90 Å². The molecule has 8 heteroatoms. The van der Waals surface area contributed by atoms with Crippen molar-refractivity contribution in [2.75, 3.05) is 42.6 Å². The van der Waals surface area contributed by atoms with Crippen molar-refractivity contribution in [1.82, 2.24) is 15.1 Å². The highest BCUT2D eigenvalue weighted by atomic mass is 32.2. The lowest BCUT2D eigenvalue weighted by molar-refractivity contribution is -0.114. The molecule has 2 aromatic carbocycles. The molecule has 2 heterocycles. The van der Waals surface area contributed by atoms with Crippen LogP contribution in [0, 0.1) is 0 Å². The number of nitrogens with zero attached hydrogens (tertiary/aromatic N) is 3. The standard InChI is InChI=1S/C22H24N4O3S/c27-22(11-10-21-19-8-4-5-9-20(19)23-24-21)26(18-6-2-1-3-7-18)13-12-25-14-16-30(28,29)17-15-25/h1-11H,12-17H2,(H,23,24)/b11-10+. The number of anilines is 1. The van der Waals surface area contributed by atoms with Crippen molar-refractivity contribution >= 4 is 38.4 Å². The molecule has 1 saturated heterocycles. The number of carbonyl (C=O) groups is 1. The molecule has 156 valence electrons. The van der Waals surface area contributed by atoms with Crippen molar-refractivity contribution < 1.29 is 13.2 Å². The summed E-state index contributed by atoms with van der Waals surface area (Å²) in [7, 11) is -2.92. The predicted octanol–water partition coefficient (Wildman–Crippen LogP) is 2.34. The SMILES string of the molecule is O=C(/C=C/c1n[nH]c2ccccc12)N(CCN1CCS(=O)(=O)CC1)c1ccccc1. The van der Waals surface area contributed by atoms with E-state index in [1.165, 1.54) is 6.08 Å². The third-order valence-corrected chi connectivity index (χ3v) is 6.90. The van der Waals surface area contributed by atoms with Crippen LogP contribution in [-0.4, -0.2) is 67.1 Å². The Hall–Kier alpha value is -2.97. The summed E-state index contributed by atoms with van der Waals surface area (Å²) < 4.78 is 23.3. The minimum atomic E-state index is -2.92. The first-order valence-electron chi connectivity index (χ1n) is 9.92. The number of para-hydroxylation sites is 2. The highest BCUT2D eigenvalue weighted by molar-refractivity contribution is 7.91. The van der Waals surface area contributed by atoms with Crippen molar-refractivity contribution in [2.24, 2.45) is 0 Å². The van der Waals surface area contributed by atoms with Gasteiger partial charge in [0.15, 0.2) is 9.84 Å². The molecule has 0 radical (unpaired) electrons. The topological polar surface area (TPSA) is 86.4 Å². The normalized spacial score (nSPS) is 16.8. The first-order valence-corrected chi connectivity index (χ1v) is 11.7. The average Bonchev–Trinajstić information content (AvgIpc) is 3.17. The number of aromatic amines is 1. The number of rotatable bonds is 6. The molecule has 4 rings (SSSR count). The van der Waals surface area contributed by atoms with E-state index in [-0.39, 0.29) is 17.4 Å². The van der Waals surface area contributed by atoms with Crippen LogP contribution < -0.4 is 4.90 Å². The molecule has 1 aromatic heterocycles. The summed E-state index contributed by atoms with van der Waals surface area (Å²) in [5, 5.41) is 8.21. The van der Waals surface area contributed by atoms with Crippen molar-refractivity contribution in [3.63, 3.8) is 0 Å². The van der Waals surface area contributed by atoms with Crippen LogP contribution in [0.2, 0.25) is 0 Å². The molecule has 7 nitrogen and oxygen atoms in total. The Balaban J connectivity index is 1.48. The second-order valence-corrected chi connectivity index (χ2v) is 9.61. The zero-order valence-corrected chi connectivity index (χ0v) is 17.4. The van der Waals surface area contributed by atoms with Crippen LogP contribution in [0.15, 0.2) is 60.7 Å². The molecule has 1 aliphatic heterocycles. The van der Waals surface area contributed by atoms with Gasteiger partial charge in [0.05, 0.1) is 22.7 Å². The Morgan fingerprint density at radius 3 is 2.53 bits per heavy atom. The maximum Gasteiger partial charge on any atom is 0.251 e. The quantitative estimate of drug-likeness (QED) is 0.614. The molecule has 1 amide bonds. The number of aromatic nitrogens is 2.